The fraction of sp³-hybridized carbons (Fsp3) is 0.406. The Morgan fingerprint density at radius 3 is 2.59 bits per heavy atom. The Labute approximate surface area is 263 Å². The van der Waals surface area contributed by atoms with Crippen LogP contribution in [-0.2, 0) is 56.9 Å². The summed E-state index contributed by atoms with van der Waals surface area (Å²) in [6.07, 6.45) is -0.0411. The second-order valence-electron chi connectivity index (χ2n) is 11.2. The minimum Gasteiger partial charge on any atom is -0.457 e. The van der Waals surface area contributed by atoms with Gasteiger partial charge in [0, 0.05) is 30.0 Å². The van der Waals surface area contributed by atoms with Gasteiger partial charge in [-0.05, 0) is 38.5 Å². The van der Waals surface area contributed by atoms with Gasteiger partial charge in [-0.1, -0.05) is 25.1 Å². The number of carbonyl (C=O) groups excluding carboxylic acids is 5. The number of aromatic nitrogens is 2. The zero-order chi connectivity index (χ0) is 33.2. The van der Waals surface area contributed by atoms with E-state index in [0.29, 0.717) is 17.9 Å². The van der Waals surface area contributed by atoms with Crippen LogP contribution in [0.15, 0.2) is 41.2 Å². The van der Waals surface area contributed by atoms with Crippen molar-refractivity contribution in [3.8, 4) is 11.4 Å². The van der Waals surface area contributed by atoms with E-state index in [0.717, 1.165) is 16.5 Å². The lowest BCUT2D eigenvalue weighted by Crippen LogP contribution is -2.53. The van der Waals surface area contributed by atoms with E-state index < -0.39 is 41.4 Å². The number of pyridine rings is 2. The second-order valence-corrected chi connectivity index (χ2v) is 11.2. The number of nitrogens with zero attached hydrogens (tertiary/aromatic N) is 2. The van der Waals surface area contributed by atoms with Gasteiger partial charge in [-0.15, -0.1) is 0 Å². The van der Waals surface area contributed by atoms with Crippen LogP contribution in [0.5, 0.6) is 0 Å². The molecule has 3 atom stereocenters. The van der Waals surface area contributed by atoms with Gasteiger partial charge in [0.1, 0.15) is 25.3 Å². The maximum atomic E-state index is 13.7. The van der Waals surface area contributed by atoms with Crippen molar-refractivity contribution < 1.29 is 38.2 Å². The van der Waals surface area contributed by atoms with Gasteiger partial charge in [0.05, 0.1) is 35.6 Å². The molecule has 46 heavy (non-hydrogen) atoms. The molecule has 0 radical (unpaired) electrons. The summed E-state index contributed by atoms with van der Waals surface area (Å²) in [5.41, 5.74) is 0.795. The van der Waals surface area contributed by atoms with Gasteiger partial charge in [0.15, 0.2) is 0 Å². The lowest BCUT2D eigenvalue weighted by molar-refractivity contribution is -0.190. The van der Waals surface area contributed by atoms with Crippen LogP contribution in [0.4, 0.5) is 0 Å². The van der Waals surface area contributed by atoms with Gasteiger partial charge in [-0.2, -0.15) is 0 Å². The average molecular weight is 634 g/mol. The summed E-state index contributed by atoms with van der Waals surface area (Å²) in [4.78, 5) is 81.0. The Morgan fingerprint density at radius 2 is 1.85 bits per heavy atom. The highest BCUT2D eigenvalue weighted by Crippen LogP contribution is 2.41. The van der Waals surface area contributed by atoms with Gasteiger partial charge in [0.2, 0.25) is 23.3 Å². The molecule has 3 amide bonds. The van der Waals surface area contributed by atoms with Crippen molar-refractivity contribution in [2.45, 2.75) is 65.0 Å². The molecule has 3 aromatic rings. The number of rotatable bonds is 11. The summed E-state index contributed by atoms with van der Waals surface area (Å²) < 4.78 is 17.9. The smallest absolute Gasteiger partial charge is 0.355 e. The van der Waals surface area contributed by atoms with Gasteiger partial charge in [0.25, 0.3) is 5.56 Å². The molecule has 4 heterocycles. The molecule has 2 aliphatic rings. The van der Waals surface area contributed by atoms with E-state index in [1.165, 1.54) is 20.8 Å². The van der Waals surface area contributed by atoms with Crippen LogP contribution in [-0.4, -0.2) is 71.1 Å². The first-order chi connectivity index (χ1) is 21.9. The monoisotopic (exact) mass is 633 g/mol. The number of amides is 3. The molecule has 3 N–H and O–H groups in total. The van der Waals surface area contributed by atoms with Crippen molar-refractivity contribution >= 4 is 40.6 Å². The van der Waals surface area contributed by atoms with Crippen molar-refractivity contribution in [1.29, 1.82) is 0 Å². The number of esters is 2. The molecule has 0 fully saturated rings. The Hall–Kier alpha value is -5.11. The Kier molecular flexibility index (Phi) is 9.19. The maximum absolute atomic E-state index is 13.7. The van der Waals surface area contributed by atoms with E-state index in [1.807, 2.05) is 30.3 Å². The molecule has 0 saturated carbocycles. The third kappa shape index (κ3) is 6.20. The first-order valence-electron chi connectivity index (χ1n) is 14.9. The topological polar surface area (TPSA) is 184 Å². The van der Waals surface area contributed by atoms with E-state index in [-0.39, 0.29) is 55.4 Å². The number of hydrogen-bond acceptors (Lipinski definition) is 10. The van der Waals surface area contributed by atoms with Gasteiger partial charge in [-0.25, -0.2) is 14.6 Å². The molecule has 1 aromatic carbocycles. The first-order valence-corrected chi connectivity index (χ1v) is 14.9. The number of ether oxygens (including phenoxy) is 3. The average Bonchev–Trinajstić information content (AvgIpc) is 3.38. The van der Waals surface area contributed by atoms with Crippen LogP contribution >= 0.6 is 0 Å². The molecule has 2 unspecified atom stereocenters. The van der Waals surface area contributed by atoms with Gasteiger partial charge >= 0.3 is 11.9 Å². The number of cyclic esters (lactones) is 1. The number of benzene rings is 1. The summed E-state index contributed by atoms with van der Waals surface area (Å²) >= 11 is 0. The molecule has 2 aliphatic heterocycles. The largest absolute Gasteiger partial charge is 0.457 e. The van der Waals surface area contributed by atoms with Crippen molar-refractivity contribution in [1.82, 2.24) is 25.5 Å². The standard InChI is InChI=1S/C32H35N5O9/c1-5-32(46-30(42)18(3)35-28(40)17(2)34-26(39)16-44-11-10-33-19(4)38)23-13-25-27-21(12-20-8-6-7-9-24(20)36-27)14-37(25)29(41)22(23)15-45-31(32)43/h6-9,12-13,17-18H,5,10-11,14-16H2,1-4H3,(H,33,38)(H,34,39)(H,35,40)/t17?,18?,32-/m0/s1. The zero-order valence-corrected chi connectivity index (χ0v) is 25.9. The van der Waals surface area contributed by atoms with Gasteiger partial charge in [-0.3, -0.25) is 19.2 Å². The van der Waals surface area contributed by atoms with Crippen molar-refractivity contribution in [2.24, 2.45) is 0 Å². The molecule has 5 rings (SSSR count). The van der Waals surface area contributed by atoms with E-state index >= 15 is 0 Å². The highest BCUT2D eigenvalue weighted by atomic mass is 16.6. The molecular weight excluding hydrogens is 598 g/mol. The predicted molar refractivity (Wildman–Crippen MR) is 163 cm³/mol. The Morgan fingerprint density at radius 1 is 1.09 bits per heavy atom. The highest BCUT2D eigenvalue weighted by molar-refractivity contribution is 5.92. The summed E-state index contributed by atoms with van der Waals surface area (Å²) in [7, 11) is 0. The minimum absolute atomic E-state index is 0.0411. The quantitative estimate of drug-likeness (QED) is 0.158. The summed E-state index contributed by atoms with van der Waals surface area (Å²) in [5, 5.41) is 8.40. The molecule has 242 valence electrons. The van der Waals surface area contributed by atoms with Crippen molar-refractivity contribution in [3.05, 3.63) is 63.4 Å². The predicted octanol–water partition coefficient (Wildman–Crippen LogP) is 0.793. The van der Waals surface area contributed by atoms with E-state index in [9.17, 15) is 28.8 Å². The van der Waals surface area contributed by atoms with Crippen LogP contribution in [0.1, 0.15) is 50.8 Å². The third-order valence-electron chi connectivity index (χ3n) is 8.00. The van der Waals surface area contributed by atoms with Crippen LogP contribution in [0.3, 0.4) is 0 Å². The molecule has 0 bridgehead atoms. The fourth-order valence-corrected chi connectivity index (χ4v) is 5.55. The van der Waals surface area contributed by atoms with E-state index in [4.69, 9.17) is 19.2 Å². The van der Waals surface area contributed by atoms with Crippen molar-refractivity contribution in [2.75, 3.05) is 19.8 Å². The zero-order valence-electron chi connectivity index (χ0n) is 25.9. The Balaban J connectivity index is 1.31. The SMILES string of the molecule is CC[C@@]1(OC(=O)C(C)NC(=O)C(C)NC(=O)COCCNC(C)=O)C(=O)OCc2c1cc1n(c2=O)Cc2cc3ccccc3nc2-1. The number of para-hydroxylation sites is 1. The number of fused-ring (bicyclic) bond motifs is 5. The molecular formula is C32H35N5O9. The first kappa shape index (κ1) is 32.3. The number of nitrogens with one attached hydrogen (secondary N) is 3. The summed E-state index contributed by atoms with van der Waals surface area (Å²) in [6.45, 7) is 5.81. The van der Waals surface area contributed by atoms with Gasteiger partial charge < -0.3 is 34.7 Å². The molecule has 0 saturated heterocycles. The fourth-order valence-electron chi connectivity index (χ4n) is 5.55. The molecule has 0 spiro atoms. The molecule has 14 heteroatoms. The lowest BCUT2D eigenvalue weighted by Gasteiger charge is -2.36. The van der Waals surface area contributed by atoms with Crippen LogP contribution in [0.2, 0.25) is 0 Å². The maximum Gasteiger partial charge on any atom is 0.355 e. The summed E-state index contributed by atoms with van der Waals surface area (Å²) in [6, 6.07) is 8.97. The lowest BCUT2D eigenvalue weighted by atomic mass is 9.85. The second kappa shape index (κ2) is 13.1. The van der Waals surface area contributed by atoms with Crippen LogP contribution in [0, 0.1) is 0 Å². The summed E-state index contributed by atoms with van der Waals surface area (Å²) in [5.74, 6) is -3.25. The number of carbonyl (C=O) groups is 5. The van der Waals surface area contributed by atoms with Crippen LogP contribution < -0.4 is 21.5 Å². The highest BCUT2D eigenvalue weighted by Gasteiger charge is 2.51. The third-order valence-corrected chi connectivity index (χ3v) is 8.00. The molecule has 2 aromatic heterocycles. The molecule has 14 nitrogen and oxygen atoms in total. The van der Waals surface area contributed by atoms with E-state index in [2.05, 4.69) is 16.0 Å². The van der Waals surface area contributed by atoms with Crippen LogP contribution in [0.25, 0.3) is 22.3 Å². The van der Waals surface area contributed by atoms with E-state index in [1.54, 1.807) is 17.6 Å². The minimum atomic E-state index is -1.94. The molecule has 0 aliphatic carbocycles. The van der Waals surface area contributed by atoms with Crippen molar-refractivity contribution in [3.63, 3.8) is 0 Å². The normalized spacial score (nSPS) is 17.5. The number of hydrogen-bond donors (Lipinski definition) is 3. The Bertz CT molecular complexity index is 1800.